The van der Waals surface area contributed by atoms with Crippen molar-refractivity contribution in [3.8, 4) is 0 Å². The number of benzene rings is 2. The van der Waals surface area contributed by atoms with Gasteiger partial charge in [-0.2, -0.15) is 0 Å². The summed E-state index contributed by atoms with van der Waals surface area (Å²) in [5.74, 6) is 0.252. The molecule has 0 bridgehead atoms. The third kappa shape index (κ3) is 3.98. The molecule has 1 saturated heterocycles. The standard InChI is InChI=1S/C20H26N2O/c1-16(2)22-13-11-21(12-14-22)10-9-20(23)19-8-7-17-5-3-4-6-18(17)15-19/h3-8,15-16H,9-14H2,1-2H3. The van der Waals surface area contributed by atoms with Crippen molar-refractivity contribution in [3.63, 3.8) is 0 Å². The SMILES string of the molecule is CC(C)N1CCN(CCC(=O)c2ccc3ccccc3c2)CC1. The van der Waals surface area contributed by atoms with Crippen LogP contribution in [0.1, 0.15) is 30.6 Å². The average Bonchev–Trinajstić information content (AvgIpc) is 2.59. The van der Waals surface area contributed by atoms with Crippen molar-refractivity contribution in [1.82, 2.24) is 9.80 Å². The zero-order valence-electron chi connectivity index (χ0n) is 14.2. The molecule has 1 fully saturated rings. The Labute approximate surface area is 138 Å². The minimum atomic E-state index is 0.252. The van der Waals surface area contributed by atoms with Crippen LogP contribution in [0.5, 0.6) is 0 Å². The van der Waals surface area contributed by atoms with Gasteiger partial charge in [0.15, 0.2) is 5.78 Å². The van der Waals surface area contributed by atoms with E-state index in [-0.39, 0.29) is 5.78 Å². The molecule has 122 valence electrons. The second-order valence-electron chi connectivity index (χ2n) is 6.71. The van der Waals surface area contributed by atoms with Gasteiger partial charge in [0.2, 0.25) is 0 Å². The molecule has 0 amide bonds. The van der Waals surface area contributed by atoms with Gasteiger partial charge in [-0.05, 0) is 30.7 Å². The van der Waals surface area contributed by atoms with Crippen LogP contribution in [0, 0.1) is 0 Å². The number of Topliss-reactive ketones (excluding diaryl/α,β-unsaturated/α-hetero) is 1. The first-order valence-electron chi connectivity index (χ1n) is 8.62. The van der Waals surface area contributed by atoms with Gasteiger partial charge in [-0.3, -0.25) is 9.69 Å². The number of fused-ring (bicyclic) bond motifs is 1. The first kappa shape index (κ1) is 16.2. The van der Waals surface area contributed by atoms with E-state index in [1.165, 1.54) is 5.39 Å². The number of rotatable bonds is 5. The van der Waals surface area contributed by atoms with Crippen molar-refractivity contribution >= 4 is 16.6 Å². The molecule has 3 nitrogen and oxygen atoms in total. The van der Waals surface area contributed by atoms with Gasteiger partial charge in [0.1, 0.15) is 0 Å². The molecule has 3 rings (SSSR count). The van der Waals surface area contributed by atoms with Crippen LogP contribution in [0.25, 0.3) is 10.8 Å². The Balaban J connectivity index is 1.55. The average molecular weight is 310 g/mol. The van der Waals surface area contributed by atoms with Crippen molar-refractivity contribution < 1.29 is 4.79 Å². The van der Waals surface area contributed by atoms with Gasteiger partial charge in [-0.1, -0.05) is 36.4 Å². The second-order valence-corrected chi connectivity index (χ2v) is 6.71. The summed E-state index contributed by atoms with van der Waals surface area (Å²) in [5, 5.41) is 2.33. The van der Waals surface area contributed by atoms with Crippen molar-refractivity contribution in [3.05, 3.63) is 48.0 Å². The number of carbonyl (C=O) groups excluding carboxylic acids is 1. The molecule has 0 N–H and O–H groups in total. The molecule has 2 aromatic rings. The summed E-state index contributed by atoms with van der Waals surface area (Å²) in [6, 6.07) is 14.8. The van der Waals surface area contributed by atoms with E-state index in [0.717, 1.165) is 43.7 Å². The summed E-state index contributed by atoms with van der Waals surface area (Å²) in [7, 11) is 0. The van der Waals surface area contributed by atoms with E-state index in [9.17, 15) is 4.79 Å². The maximum Gasteiger partial charge on any atom is 0.164 e. The highest BCUT2D eigenvalue weighted by Crippen LogP contribution is 2.17. The number of hydrogen-bond acceptors (Lipinski definition) is 3. The minimum absolute atomic E-state index is 0.252. The lowest BCUT2D eigenvalue weighted by atomic mass is 10.0. The van der Waals surface area contributed by atoms with Crippen LogP contribution in [0.2, 0.25) is 0 Å². The van der Waals surface area contributed by atoms with Crippen LogP contribution in [-0.4, -0.2) is 54.3 Å². The molecule has 3 heteroatoms. The van der Waals surface area contributed by atoms with Crippen LogP contribution in [0.15, 0.2) is 42.5 Å². The predicted molar refractivity (Wildman–Crippen MR) is 96.0 cm³/mol. The summed E-state index contributed by atoms with van der Waals surface area (Å²) < 4.78 is 0. The van der Waals surface area contributed by atoms with E-state index in [4.69, 9.17) is 0 Å². The predicted octanol–water partition coefficient (Wildman–Crippen LogP) is 3.44. The van der Waals surface area contributed by atoms with E-state index < -0.39 is 0 Å². The molecule has 0 spiro atoms. The third-order valence-electron chi connectivity index (χ3n) is 4.86. The minimum Gasteiger partial charge on any atom is -0.300 e. The molecule has 23 heavy (non-hydrogen) atoms. The number of hydrogen-bond donors (Lipinski definition) is 0. The fourth-order valence-electron chi connectivity index (χ4n) is 3.27. The van der Waals surface area contributed by atoms with Gasteiger partial charge in [0.25, 0.3) is 0 Å². The van der Waals surface area contributed by atoms with Gasteiger partial charge >= 0.3 is 0 Å². The van der Waals surface area contributed by atoms with Gasteiger partial charge in [-0.15, -0.1) is 0 Å². The Hall–Kier alpha value is -1.71. The summed E-state index contributed by atoms with van der Waals surface area (Å²) >= 11 is 0. The van der Waals surface area contributed by atoms with Crippen molar-refractivity contribution in [2.45, 2.75) is 26.3 Å². The normalized spacial score (nSPS) is 17.0. The number of piperazine rings is 1. The molecule has 0 unspecified atom stereocenters. The smallest absolute Gasteiger partial charge is 0.164 e. The Bertz CT molecular complexity index is 672. The first-order chi connectivity index (χ1) is 11.1. The summed E-state index contributed by atoms with van der Waals surface area (Å²) in [5.41, 5.74) is 0.838. The zero-order chi connectivity index (χ0) is 16.2. The summed E-state index contributed by atoms with van der Waals surface area (Å²) in [6.07, 6.45) is 0.611. The fraction of sp³-hybridized carbons (Fsp3) is 0.450. The zero-order valence-corrected chi connectivity index (χ0v) is 14.2. The molecule has 1 aliphatic heterocycles. The van der Waals surface area contributed by atoms with Crippen LogP contribution >= 0.6 is 0 Å². The fourth-order valence-corrected chi connectivity index (χ4v) is 3.27. The highest BCUT2D eigenvalue weighted by Gasteiger charge is 2.19. The van der Waals surface area contributed by atoms with Crippen LogP contribution < -0.4 is 0 Å². The lowest BCUT2D eigenvalue weighted by molar-refractivity contribution is 0.0890. The quantitative estimate of drug-likeness (QED) is 0.790. The van der Waals surface area contributed by atoms with Crippen molar-refractivity contribution in [1.29, 1.82) is 0 Å². The maximum absolute atomic E-state index is 12.5. The Morgan fingerprint density at radius 3 is 2.39 bits per heavy atom. The monoisotopic (exact) mass is 310 g/mol. The lowest BCUT2D eigenvalue weighted by Gasteiger charge is -2.36. The van der Waals surface area contributed by atoms with Gasteiger partial charge in [0, 0.05) is 50.7 Å². The summed E-state index contributed by atoms with van der Waals surface area (Å²) in [4.78, 5) is 17.4. The molecule has 1 aliphatic rings. The molecule has 1 heterocycles. The van der Waals surface area contributed by atoms with Gasteiger partial charge < -0.3 is 4.90 Å². The van der Waals surface area contributed by atoms with Crippen LogP contribution in [0.4, 0.5) is 0 Å². The highest BCUT2D eigenvalue weighted by molar-refractivity contribution is 6.00. The molecule has 0 atom stereocenters. The third-order valence-corrected chi connectivity index (χ3v) is 4.86. The second kappa shape index (κ2) is 7.24. The number of ketones is 1. The first-order valence-corrected chi connectivity index (χ1v) is 8.62. The molecule has 0 saturated carbocycles. The van der Waals surface area contributed by atoms with E-state index >= 15 is 0 Å². The van der Waals surface area contributed by atoms with E-state index in [2.05, 4.69) is 35.8 Å². The van der Waals surface area contributed by atoms with Crippen molar-refractivity contribution in [2.24, 2.45) is 0 Å². The van der Waals surface area contributed by atoms with Crippen LogP contribution in [0.3, 0.4) is 0 Å². The van der Waals surface area contributed by atoms with Crippen molar-refractivity contribution in [2.75, 3.05) is 32.7 Å². The lowest BCUT2D eigenvalue weighted by Crippen LogP contribution is -2.49. The Morgan fingerprint density at radius 1 is 1.00 bits per heavy atom. The topological polar surface area (TPSA) is 23.6 Å². The highest BCUT2D eigenvalue weighted by atomic mass is 16.1. The largest absolute Gasteiger partial charge is 0.300 e. The van der Waals surface area contributed by atoms with Gasteiger partial charge in [0.05, 0.1) is 0 Å². The molecule has 0 aliphatic carbocycles. The Morgan fingerprint density at radius 2 is 1.70 bits per heavy atom. The van der Waals surface area contributed by atoms with E-state index in [1.807, 2.05) is 30.3 Å². The van der Waals surface area contributed by atoms with E-state index in [0.29, 0.717) is 12.5 Å². The molecular weight excluding hydrogens is 284 g/mol. The maximum atomic E-state index is 12.5. The molecule has 2 aromatic carbocycles. The molecular formula is C20H26N2O. The van der Waals surface area contributed by atoms with Crippen LogP contribution in [-0.2, 0) is 0 Å². The summed E-state index contributed by atoms with van der Waals surface area (Å²) in [6.45, 7) is 9.74. The number of carbonyl (C=O) groups is 1. The molecule has 0 aromatic heterocycles. The number of nitrogens with zero attached hydrogens (tertiary/aromatic N) is 2. The Kier molecular flexibility index (Phi) is 5.09. The van der Waals surface area contributed by atoms with E-state index in [1.54, 1.807) is 0 Å². The molecule has 0 radical (unpaired) electrons. The van der Waals surface area contributed by atoms with Gasteiger partial charge in [-0.25, -0.2) is 0 Å².